The number of aliphatic hydroxyl groups is 2. The third-order valence-electron chi connectivity index (χ3n) is 3.48. The Kier molecular flexibility index (Phi) is 4.69. The van der Waals surface area contributed by atoms with E-state index in [0.29, 0.717) is 12.8 Å². The summed E-state index contributed by atoms with van der Waals surface area (Å²) in [7, 11) is 0. The molecule has 0 aromatic heterocycles. The number of aliphatic imine (C=N–C) groups is 1. The Bertz CT molecular complexity index is 543. The van der Waals surface area contributed by atoms with Crippen LogP contribution in [-0.4, -0.2) is 35.4 Å². The number of Topliss-reactive ketones (excluding diaryl/α,β-unsaturated/α-hetero) is 1. The van der Waals surface area contributed by atoms with Crippen molar-refractivity contribution in [1.29, 1.82) is 0 Å². The summed E-state index contributed by atoms with van der Waals surface area (Å²) < 4.78 is 0. The van der Waals surface area contributed by atoms with Crippen molar-refractivity contribution in [3.05, 3.63) is 46.7 Å². The minimum absolute atomic E-state index is 0.0260. The van der Waals surface area contributed by atoms with Crippen LogP contribution in [0.1, 0.15) is 29.9 Å². The number of allylic oxidation sites excluding steroid dienone is 2. The highest BCUT2D eigenvalue weighted by Crippen LogP contribution is 2.33. The molecule has 2 rings (SSSR count). The van der Waals surface area contributed by atoms with Crippen LogP contribution in [-0.2, 0) is 4.79 Å². The zero-order chi connectivity index (χ0) is 14.5. The molecule has 0 spiro atoms. The second-order valence-electron chi connectivity index (χ2n) is 5.06. The third kappa shape index (κ3) is 3.33. The summed E-state index contributed by atoms with van der Waals surface area (Å²) in [6, 6.07) is 8.04. The van der Waals surface area contributed by atoms with Crippen LogP contribution in [0.5, 0.6) is 0 Å². The van der Waals surface area contributed by atoms with Crippen LogP contribution < -0.4 is 0 Å². The van der Waals surface area contributed by atoms with Crippen molar-refractivity contribution >= 4 is 12.0 Å². The zero-order valence-electron chi connectivity index (χ0n) is 11.5. The molecule has 1 aliphatic carbocycles. The van der Waals surface area contributed by atoms with Gasteiger partial charge >= 0.3 is 0 Å². The molecule has 106 valence electrons. The maximum absolute atomic E-state index is 12.1. The fourth-order valence-corrected chi connectivity index (χ4v) is 2.34. The SMILES string of the molecule is Cc1ccc(C2CC(=O)C(C=NCCO)=C(O)C2)cc1. The summed E-state index contributed by atoms with van der Waals surface area (Å²) in [6.07, 6.45) is 2.21. The zero-order valence-corrected chi connectivity index (χ0v) is 11.5. The van der Waals surface area contributed by atoms with Gasteiger partial charge in [0, 0.05) is 19.1 Å². The Morgan fingerprint density at radius 3 is 2.60 bits per heavy atom. The van der Waals surface area contributed by atoms with Crippen LogP contribution >= 0.6 is 0 Å². The van der Waals surface area contributed by atoms with Crippen LogP contribution in [0.25, 0.3) is 0 Å². The highest BCUT2D eigenvalue weighted by molar-refractivity contribution is 6.14. The lowest BCUT2D eigenvalue weighted by atomic mass is 9.83. The molecule has 1 atom stereocenters. The van der Waals surface area contributed by atoms with Crippen LogP contribution in [0.15, 0.2) is 40.6 Å². The van der Waals surface area contributed by atoms with Crippen molar-refractivity contribution in [2.75, 3.05) is 13.2 Å². The van der Waals surface area contributed by atoms with E-state index >= 15 is 0 Å². The van der Waals surface area contributed by atoms with Gasteiger partial charge in [-0.1, -0.05) is 29.8 Å². The van der Waals surface area contributed by atoms with Gasteiger partial charge in [0.15, 0.2) is 5.78 Å². The fourth-order valence-electron chi connectivity index (χ4n) is 2.34. The van der Waals surface area contributed by atoms with Crippen molar-refractivity contribution in [2.24, 2.45) is 4.99 Å². The minimum atomic E-state index is -0.0963. The summed E-state index contributed by atoms with van der Waals surface area (Å²) in [5.74, 6) is 0.0209. The Balaban J connectivity index is 2.16. The van der Waals surface area contributed by atoms with Gasteiger partial charge < -0.3 is 10.2 Å². The normalized spacial score (nSPS) is 19.9. The molecule has 2 N–H and O–H groups in total. The van der Waals surface area contributed by atoms with Gasteiger partial charge in [-0.15, -0.1) is 0 Å². The monoisotopic (exact) mass is 273 g/mol. The van der Waals surface area contributed by atoms with E-state index in [9.17, 15) is 9.90 Å². The Morgan fingerprint density at radius 2 is 2.00 bits per heavy atom. The Labute approximate surface area is 118 Å². The smallest absolute Gasteiger partial charge is 0.168 e. The van der Waals surface area contributed by atoms with E-state index in [-0.39, 0.29) is 36.2 Å². The molecule has 0 amide bonds. The lowest BCUT2D eigenvalue weighted by Gasteiger charge is -2.22. The fraction of sp³-hybridized carbons (Fsp3) is 0.375. The first-order valence-electron chi connectivity index (χ1n) is 6.74. The largest absolute Gasteiger partial charge is 0.511 e. The second kappa shape index (κ2) is 6.48. The van der Waals surface area contributed by atoms with Gasteiger partial charge in [0.1, 0.15) is 5.76 Å². The molecule has 0 fully saturated rings. The van der Waals surface area contributed by atoms with Crippen molar-refractivity contribution in [2.45, 2.75) is 25.7 Å². The number of hydrogen-bond acceptors (Lipinski definition) is 4. The van der Waals surface area contributed by atoms with E-state index in [4.69, 9.17) is 5.11 Å². The average Bonchev–Trinajstić information content (AvgIpc) is 2.42. The highest BCUT2D eigenvalue weighted by atomic mass is 16.3. The van der Waals surface area contributed by atoms with Gasteiger partial charge in [0.25, 0.3) is 0 Å². The predicted octanol–water partition coefficient (Wildman–Crippen LogP) is 2.32. The number of carbonyl (C=O) groups is 1. The molecule has 4 heteroatoms. The molecule has 20 heavy (non-hydrogen) atoms. The number of hydrogen-bond donors (Lipinski definition) is 2. The quantitative estimate of drug-likeness (QED) is 0.827. The van der Waals surface area contributed by atoms with Gasteiger partial charge in [-0.05, 0) is 18.4 Å². The van der Waals surface area contributed by atoms with Crippen molar-refractivity contribution in [1.82, 2.24) is 0 Å². The van der Waals surface area contributed by atoms with Gasteiger partial charge in [0.05, 0.1) is 18.7 Å². The molecule has 0 bridgehead atoms. The van der Waals surface area contributed by atoms with E-state index in [1.165, 1.54) is 11.8 Å². The van der Waals surface area contributed by atoms with Gasteiger partial charge in [-0.25, -0.2) is 0 Å². The summed E-state index contributed by atoms with van der Waals surface area (Å²) in [6.45, 7) is 2.19. The first kappa shape index (κ1) is 14.5. The van der Waals surface area contributed by atoms with Gasteiger partial charge in [0.2, 0.25) is 0 Å². The maximum Gasteiger partial charge on any atom is 0.168 e. The lowest BCUT2D eigenvalue weighted by Crippen LogP contribution is -2.19. The molecule has 1 aromatic rings. The average molecular weight is 273 g/mol. The first-order chi connectivity index (χ1) is 9.61. The molecule has 0 saturated heterocycles. The molecule has 0 saturated carbocycles. The molecule has 1 aliphatic rings. The van der Waals surface area contributed by atoms with Crippen LogP contribution in [0.3, 0.4) is 0 Å². The van der Waals surface area contributed by atoms with E-state index in [1.54, 1.807) is 0 Å². The molecule has 0 radical (unpaired) electrons. The topological polar surface area (TPSA) is 69.9 Å². The molecule has 1 aromatic carbocycles. The lowest BCUT2D eigenvalue weighted by molar-refractivity contribution is -0.116. The summed E-state index contributed by atoms with van der Waals surface area (Å²) in [5, 5.41) is 18.7. The number of rotatable bonds is 4. The van der Waals surface area contributed by atoms with Crippen molar-refractivity contribution in [3.63, 3.8) is 0 Å². The van der Waals surface area contributed by atoms with Crippen LogP contribution in [0, 0.1) is 6.92 Å². The van der Waals surface area contributed by atoms with E-state index in [0.717, 1.165) is 5.56 Å². The highest BCUT2D eigenvalue weighted by Gasteiger charge is 2.27. The number of ketones is 1. The second-order valence-corrected chi connectivity index (χ2v) is 5.06. The molecule has 4 nitrogen and oxygen atoms in total. The molecular weight excluding hydrogens is 254 g/mol. The molecular formula is C16H19NO3. The first-order valence-corrected chi connectivity index (χ1v) is 6.74. The maximum atomic E-state index is 12.1. The molecule has 0 heterocycles. The van der Waals surface area contributed by atoms with Gasteiger partial charge in [-0.3, -0.25) is 9.79 Å². The summed E-state index contributed by atoms with van der Waals surface area (Å²) in [4.78, 5) is 16.0. The standard InChI is InChI=1S/C16H19NO3/c1-11-2-4-12(5-3-11)13-8-15(19)14(16(20)9-13)10-17-6-7-18/h2-5,10,13,18-19H,6-9H2,1H3. The van der Waals surface area contributed by atoms with Crippen molar-refractivity contribution in [3.8, 4) is 0 Å². The number of benzene rings is 1. The Hall–Kier alpha value is -1.94. The molecule has 1 unspecified atom stereocenters. The number of carbonyl (C=O) groups excluding carboxylic acids is 1. The van der Waals surface area contributed by atoms with Crippen LogP contribution in [0.4, 0.5) is 0 Å². The van der Waals surface area contributed by atoms with Crippen LogP contribution in [0.2, 0.25) is 0 Å². The van der Waals surface area contributed by atoms with E-state index < -0.39 is 0 Å². The summed E-state index contributed by atoms with van der Waals surface area (Å²) in [5.41, 5.74) is 2.52. The van der Waals surface area contributed by atoms with E-state index in [2.05, 4.69) is 4.99 Å². The van der Waals surface area contributed by atoms with Gasteiger partial charge in [-0.2, -0.15) is 0 Å². The number of aliphatic hydroxyl groups excluding tert-OH is 2. The number of aryl methyl sites for hydroxylation is 1. The predicted molar refractivity (Wildman–Crippen MR) is 78.3 cm³/mol. The summed E-state index contributed by atoms with van der Waals surface area (Å²) >= 11 is 0. The number of nitrogens with zero attached hydrogens (tertiary/aromatic N) is 1. The Morgan fingerprint density at radius 1 is 1.30 bits per heavy atom. The molecule has 0 aliphatic heterocycles. The van der Waals surface area contributed by atoms with Crippen molar-refractivity contribution < 1.29 is 15.0 Å². The van der Waals surface area contributed by atoms with E-state index in [1.807, 2.05) is 31.2 Å². The third-order valence-corrected chi connectivity index (χ3v) is 3.48. The minimum Gasteiger partial charge on any atom is -0.511 e.